The van der Waals surface area contributed by atoms with Crippen molar-refractivity contribution in [2.45, 2.75) is 51.3 Å². The Kier molecular flexibility index (Phi) is 6.49. The fourth-order valence-electron chi connectivity index (χ4n) is 1.98. The highest BCUT2D eigenvalue weighted by Gasteiger charge is 2.23. The van der Waals surface area contributed by atoms with Gasteiger partial charge >= 0.3 is 0 Å². The topological polar surface area (TPSA) is 63.4 Å². The Hall–Kier alpha value is -1.07. The second kappa shape index (κ2) is 7.64. The molecule has 5 heteroatoms. The lowest BCUT2D eigenvalue weighted by atomic mass is 10.2. The lowest BCUT2D eigenvalue weighted by Crippen LogP contribution is -2.33. The molecule has 114 valence electrons. The predicted molar refractivity (Wildman–Crippen MR) is 84.2 cm³/mol. The van der Waals surface area contributed by atoms with Gasteiger partial charge in [0.05, 0.1) is 4.90 Å². The molecule has 0 aliphatic heterocycles. The van der Waals surface area contributed by atoms with E-state index < -0.39 is 10.0 Å². The minimum Gasteiger partial charge on any atom is -0.399 e. The molecule has 4 nitrogen and oxygen atoms in total. The molecule has 0 aromatic heterocycles. The van der Waals surface area contributed by atoms with Crippen molar-refractivity contribution in [3.8, 4) is 0 Å². The number of nitrogen functional groups attached to an aromatic ring is 1. The lowest BCUT2D eigenvalue weighted by molar-refractivity contribution is 0.395. The molecule has 0 saturated heterocycles. The molecular weight excluding hydrogens is 272 g/mol. The van der Waals surface area contributed by atoms with Crippen molar-refractivity contribution < 1.29 is 8.42 Å². The van der Waals surface area contributed by atoms with Gasteiger partial charge in [-0.2, -0.15) is 4.31 Å². The normalized spacial score (nSPS) is 12.0. The average Bonchev–Trinajstić information content (AvgIpc) is 2.41. The fraction of sp³-hybridized carbons (Fsp3) is 0.600. The first-order valence-electron chi connectivity index (χ1n) is 7.29. The zero-order valence-corrected chi connectivity index (χ0v) is 13.5. The molecule has 2 N–H and O–H groups in total. The van der Waals surface area contributed by atoms with Gasteiger partial charge in [0.25, 0.3) is 0 Å². The van der Waals surface area contributed by atoms with Crippen LogP contribution in [-0.4, -0.2) is 25.8 Å². The largest absolute Gasteiger partial charge is 0.399 e. The molecule has 0 saturated carbocycles. The van der Waals surface area contributed by atoms with Crippen molar-refractivity contribution in [1.82, 2.24) is 4.31 Å². The van der Waals surface area contributed by atoms with E-state index in [1.807, 2.05) is 6.92 Å². The summed E-state index contributed by atoms with van der Waals surface area (Å²) in [6.07, 6.45) is 3.74. The van der Waals surface area contributed by atoms with Crippen molar-refractivity contribution in [3.05, 3.63) is 23.8 Å². The Balaban J connectivity index is 3.03. The van der Waals surface area contributed by atoms with Crippen LogP contribution in [0.4, 0.5) is 5.69 Å². The van der Waals surface area contributed by atoms with Gasteiger partial charge in [0.1, 0.15) is 0 Å². The second-order valence-electron chi connectivity index (χ2n) is 5.13. The standard InChI is InChI=1S/C15H26N2O2S/c1-4-6-10-17(11-7-5-2)20(18,19)14-8-9-15(16)13(3)12-14/h8-9,12H,4-7,10-11,16H2,1-3H3. The van der Waals surface area contributed by atoms with E-state index in [1.54, 1.807) is 22.5 Å². The number of nitrogens with two attached hydrogens (primary N) is 1. The molecule has 0 fully saturated rings. The van der Waals surface area contributed by atoms with Crippen LogP contribution in [0.3, 0.4) is 0 Å². The fourth-order valence-corrected chi connectivity index (χ4v) is 3.58. The van der Waals surface area contributed by atoms with Gasteiger partial charge in [0.2, 0.25) is 10.0 Å². The summed E-state index contributed by atoms with van der Waals surface area (Å²) >= 11 is 0. The summed E-state index contributed by atoms with van der Waals surface area (Å²) in [4.78, 5) is 0.344. The average molecular weight is 298 g/mol. The number of unbranched alkanes of at least 4 members (excludes halogenated alkanes) is 2. The molecule has 0 atom stereocenters. The van der Waals surface area contributed by atoms with Crippen molar-refractivity contribution in [1.29, 1.82) is 0 Å². The summed E-state index contributed by atoms with van der Waals surface area (Å²) in [5.74, 6) is 0. The van der Waals surface area contributed by atoms with E-state index in [0.717, 1.165) is 31.2 Å². The summed E-state index contributed by atoms with van der Waals surface area (Å²) < 4.78 is 27.0. The van der Waals surface area contributed by atoms with Crippen molar-refractivity contribution in [2.24, 2.45) is 0 Å². The summed E-state index contributed by atoms with van der Waals surface area (Å²) in [6.45, 7) is 7.14. The Bertz CT molecular complexity index is 519. The number of nitrogens with zero attached hydrogens (tertiary/aromatic N) is 1. The Morgan fingerprint density at radius 3 is 2.10 bits per heavy atom. The van der Waals surface area contributed by atoms with Crippen LogP contribution in [0.5, 0.6) is 0 Å². The highest BCUT2D eigenvalue weighted by molar-refractivity contribution is 7.89. The molecule has 0 aliphatic rings. The monoisotopic (exact) mass is 298 g/mol. The zero-order valence-electron chi connectivity index (χ0n) is 12.7. The van der Waals surface area contributed by atoms with Crippen LogP contribution in [0, 0.1) is 6.92 Å². The van der Waals surface area contributed by atoms with Gasteiger partial charge in [-0.15, -0.1) is 0 Å². The van der Waals surface area contributed by atoms with E-state index in [4.69, 9.17) is 5.73 Å². The van der Waals surface area contributed by atoms with E-state index >= 15 is 0 Å². The first-order chi connectivity index (χ1) is 9.43. The quantitative estimate of drug-likeness (QED) is 0.750. The highest BCUT2D eigenvalue weighted by atomic mass is 32.2. The molecular formula is C15H26N2O2S. The van der Waals surface area contributed by atoms with Crippen LogP contribution in [0.25, 0.3) is 0 Å². The molecule has 1 aromatic rings. The van der Waals surface area contributed by atoms with E-state index in [1.165, 1.54) is 0 Å². The maximum Gasteiger partial charge on any atom is 0.243 e. The number of sulfonamides is 1. The lowest BCUT2D eigenvalue weighted by Gasteiger charge is -2.22. The van der Waals surface area contributed by atoms with Crippen LogP contribution in [0.1, 0.15) is 45.1 Å². The summed E-state index contributed by atoms with van der Waals surface area (Å²) in [5, 5.41) is 0. The zero-order chi connectivity index (χ0) is 15.2. The van der Waals surface area contributed by atoms with Crippen LogP contribution < -0.4 is 5.73 Å². The minimum atomic E-state index is -3.41. The molecule has 1 rings (SSSR count). The third kappa shape index (κ3) is 4.21. The molecule has 0 heterocycles. The van der Waals surface area contributed by atoms with E-state index in [2.05, 4.69) is 13.8 Å². The first kappa shape index (κ1) is 17.0. The Labute approximate surface area is 123 Å². The number of benzene rings is 1. The predicted octanol–water partition coefficient (Wildman–Crippen LogP) is 3.17. The maximum absolute atomic E-state index is 12.7. The SMILES string of the molecule is CCCCN(CCCC)S(=O)(=O)c1ccc(N)c(C)c1. The maximum atomic E-state index is 12.7. The molecule has 0 aliphatic carbocycles. The first-order valence-corrected chi connectivity index (χ1v) is 8.73. The molecule has 0 spiro atoms. The van der Waals surface area contributed by atoms with Gasteiger partial charge in [-0.3, -0.25) is 0 Å². The van der Waals surface area contributed by atoms with Gasteiger partial charge in [0.15, 0.2) is 0 Å². The van der Waals surface area contributed by atoms with Crippen molar-refractivity contribution >= 4 is 15.7 Å². The molecule has 1 aromatic carbocycles. The number of rotatable bonds is 8. The Morgan fingerprint density at radius 2 is 1.65 bits per heavy atom. The third-order valence-electron chi connectivity index (χ3n) is 3.40. The molecule has 20 heavy (non-hydrogen) atoms. The molecule has 0 amide bonds. The molecule has 0 bridgehead atoms. The van der Waals surface area contributed by atoms with Crippen LogP contribution in [-0.2, 0) is 10.0 Å². The minimum absolute atomic E-state index is 0.344. The summed E-state index contributed by atoms with van der Waals surface area (Å²) in [5.41, 5.74) is 7.19. The van der Waals surface area contributed by atoms with Crippen molar-refractivity contribution in [3.63, 3.8) is 0 Å². The molecule has 0 unspecified atom stereocenters. The number of hydrogen-bond acceptors (Lipinski definition) is 3. The molecule has 0 radical (unpaired) electrons. The summed E-state index contributed by atoms with van der Waals surface area (Å²) in [7, 11) is -3.41. The Morgan fingerprint density at radius 1 is 1.10 bits per heavy atom. The summed E-state index contributed by atoms with van der Waals surface area (Å²) in [6, 6.07) is 4.93. The van der Waals surface area contributed by atoms with Gasteiger partial charge in [0, 0.05) is 18.8 Å². The second-order valence-corrected chi connectivity index (χ2v) is 7.07. The van der Waals surface area contributed by atoms with E-state index in [9.17, 15) is 8.42 Å². The van der Waals surface area contributed by atoms with Gasteiger partial charge < -0.3 is 5.73 Å². The highest BCUT2D eigenvalue weighted by Crippen LogP contribution is 2.21. The van der Waals surface area contributed by atoms with Gasteiger partial charge in [-0.1, -0.05) is 26.7 Å². The number of aryl methyl sites for hydroxylation is 1. The van der Waals surface area contributed by atoms with E-state index in [0.29, 0.717) is 23.7 Å². The smallest absolute Gasteiger partial charge is 0.243 e. The van der Waals surface area contributed by atoms with Gasteiger partial charge in [-0.05, 0) is 43.5 Å². The van der Waals surface area contributed by atoms with Crippen LogP contribution in [0.2, 0.25) is 0 Å². The van der Waals surface area contributed by atoms with Crippen molar-refractivity contribution in [2.75, 3.05) is 18.8 Å². The number of anilines is 1. The third-order valence-corrected chi connectivity index (χ3v) is 5.30. The van der Waals surface area contributed by atoms with Crippen LogP contribution in [0.15, 0.2) is 23.1 Å². The van der Waals surface area contributed by atoms with Crippen LogP contribution >= 0.6 is 0 Å². The number of hydrogen-bond donors (Lipinski definition) is 1. The van der Waals surface area contributed by atoms with Gasteiger partial charge in [-0.25, -0.2) is 8.42 Å². The van der Waals surface area contributed by atoms with E-state index in [-0.39, 0.29) is 0 Å².